The van der Waals surface area contributed by atoms with Gasteiger partial charge in [-0.05, 0) is 19.3 Å². The third-order valence-corrected chi connectivity index (χ3v) is 5.72. The van der Waals surface area contributed by atoms with Gasteiger partial charge < -0.3 is 10.2 Å². The summed E-state index contributed by atoms with van der Waals surface area (Å²) in [5, 5.41) is 17.5. The first-order chi connectivity index (χ1) is 8.91. The normalized spacial score (nSPS) is 11.9. The summed E-state index contributed by atoms with van der Waals surface area (Å²) < 4.78 is 25.2. The lowest BCUT2D eigenvalue weighted by Crippen LogP contribution is -2.28. The molecule has 2 N–H and O–H groups in total. The van der Waals surface area contributed by atoms with Gasteiger partial charge in [-0.3, -0.25) is 0 Å². The van der Waals surface area contributed by atoms with E-state index in [-0.39, 0.29) is 17.4 Å². The fraction of sp³-hybridized carbons (Fsp3) is 0.600. The fourth-order valence-corrected chi connectivity index (χ4v) is 3.99. The number of carbonyl (C=O) groups is 1. The lowest BCUT2D eigenvalue weighted by Gasteiger charge is -2.15. The van der Waals surface area contributed by atoms with Crippen LogP contribution in [0.4, 0.5) is 0 Å². The zero-order valence-corrected chi connectivity index (χ0v) is 12.1. The molecule has 0 radical (unpaired) electrons. The van der Waals surface area contributed by atoms with Crippen LogP contribution in [0.3, 0.4) is 0 Å². The van der Waals surface area contributed by atoms with Crippen LogP contribution < -0.4 is 0 Å². The van der Waals surface area contributed by atoms with Gasteiger partial charge in [0.15, 0.2) is 9.90 Å². The van der Waals surface area contributed by atoms with Gasteiger partial charge in [-0.1, -0.05) is 0 Å². The Balaban J connectivity index is 2.79. The lowest BCUT2D eigenvalue weighted by molar-refractivity contribution is 0.0687. The molecule has 0 unspecified atom stereocenters. The second-order valence-corrected chi connectivity index (χ2v) is 7.00. The minimum absolute atomic E-state index is 0.0778. The Morgan fingerprint density at radius 3 is 2.68 bits per heavy atom. The predicted molar refractivity (Wildman–Crippen MR) is 69.8 cm³/mol. The fourth-order valence-electron chi connectivity index (χ4n) is 1.45. The number of hydrogen-bond acceptors (Lipinski definition) is 6. The van der Waals surface area contributed by atoms with Crippen molar-refractivity contribution in [2.45, 2.75) is 23.5 Å². The lowest BCUT2D eigenvalue weighted by atomic mass is 10.2. The van der Waals surface area contributed by atoms with Gasteiger partial charge in [0, 0.05) is 20.2 Å². The molecule has 0 aliphatic rings. The summed E-state index contributed by atoms with van der Waals surface area (Å²) in [4.78, 5) is 14.4. The van der Waals surface area contributed by atoms with Crippen molar-refractivity contribution in [1.29, 1.82) is 0 Å². The quantitative estimate of drug-likeness (QED) is 0.682. The van der Waals surface area contributed by atoms with Crippen molar-refractivity contribution >= 4 is 27.3 Å². The van der Waals surface area contributed by atoms with Crippen molar-refractivity contribution in [1.82, 2.24) is 9.29 Å². The van der Waals surface area contributed by atoms with E-state index in [1.807, 2.05) is 0 Å². The number of thiazole rings is 1. The van der Waals surface area contributed by atoms with Crippen molar-refractivity contribution in [3.63, 3.8) is 0 Å². The van der Waals surface area contributed by atoms with Crippen LogP contribution in [0, 0.1) is 0 Å². The first-order valence-electron chi connectivity index (χ1n) is 5.65. The number of hydrogen-bond donors (Lipinski definition) is 2. The van der Waals surface area contributed by atoms with E-state index in [0.29, 0.717) is 19.3 Å². The molecule has 0 spiro atoms. The molecular weight excluding hydrogens is 292 g/mol. The maximum absolute atomic E-state index is 12.2. The molecule has 1 aromatic heterocycles. The van der Waals surface area contributed by atoms with Gasteiger partial charge in [-0.2, -0.15) is 0 Å². The van der Waals surface area contributed by atoms with E-state index >= 15 is 0 Å². The molecule has 0 aliphatic heterocycles. The van der Waals surface area contributed by atoms with Gasteiger partial charge in [0.1, 0.15) is 0 Å². The molecule has 9 heteroatoms. The maximum atomic E-state index is 12.2. The summed E-state index contributed by atoms with van der Waals surface area (Å²) in [6.45, 7) is 0.355. The first kappa shape index (κ1) is 16.0. The van der Waals surface area contributed by atoms with Crippen LogP contribution in [0.2, 0.25) is 0 Å². The number of rotatable bonds is 8. The highest BCUT2D eigenvalue weighted by Crippen LogP contribution is 2.23. The van der Waals surface area contributed by atoms with Gasteiger partial charge in [0.2, 0.25) is 0 Å². The molecular formula is C10H16N2O5S2. The molecule has 19 heavy (non-hydrogen) atoms. The van der Waals surface area contributed by atoms with E-state index in [2.05, 4.69) is 4.98 Å². The molecule has 108 valence electrons. The molecule has 0 atom stereocenters. The van der Waals surface area contributed by atoms with Crippen molar-refractivity contribution in [2.75, 3.05) is 20.2 Å². The third kappa shape index (κ3) is 3.96. The van der Waals surface area contributed by atoms with Gasteiger partial charge in [-0.25, -0.2) is 22.5 Å². The number of aliphatic hydroxyl groups excluding tert-OH is 1. The predicted octanol–water partition coefficient (Wildman–Crippen LogP) is 0.624. The summed E-state index contributed by atoms with van der Waals surface area (Å²) in [6, 6.07) is 0. The monoisotopic (exact) mass is 308 g/mol. The smallest absolute Gasteiger partial charge is 0.356 e. The molecule has 1 rings (SSSR count). The average Bonchev–Trinajstić information content (AvgIpc) is 2.84. The molecule has 0 saturated heterocycles. The minimum atomic E-state index is -3.81. The van der Waals surface area contributed by atoms with Gasteiger partial charge in [0.05, 0.1) is 5.51 Å². The Hall–Kier alpha value is -1.03. The number of aromatic carboxylic acids is 1. The largest absolute Gasteiger partial charge is 0.476 e. The third-order valence-electron chi connectivity index (χ3n) is 2.51. The Morgan fingerprint density at radius 2 is 2.11 bits per heavy atom. The number of aliphatic hydroxyl groups is 1. The molecule has 0 saturated carbocycles. The Morgan fingerprint density at radius 1 is 1.42 bits per heavy atom. The van der Waals surface area contributed by atoms with Crippen LogP contribution in [0.15, 0.2) is 9.72 Å². The van der Waals surface area contributed by atoms with Gasteiger partial charge in [0.25, 0.3) is 10.0 Å². The standard InChI is InChI=1S/C10H16N2O5S2/c1-12(5-3-2-4-6-13)19(16,17)10-8(9(14)15)11-7-18-10/h7,13H,2-6H2,1H3,(H,14,15). The van der Waals surface area contributed by atoms with Crippen molar-refractivity contribution in [3.8, 4) is 0 Å². The van der Waals surface area contributed by atoms with E-state index in [1.54, 1.807) is 0 Å². The summed E-state index contributed by atoms with van der Waals surface area (Å²) in [6.07, 6.45) is 1.94. The van der Waals surface area contributed by atoms with E-state index in [1.165, 1.54) is 12.6 Å². The molecule has 0 aromatic carbocycles. The molecule has 7 nitrogen and oxygen atoms in total. The van der Waals surface area contributed by atoms with E-state index < -0.39 is 21.7 Å². The van der Waals surface area contributed by atoms with E-state index in [4.69, 9.17) is 10.2 Å². The molecule has 1 aromatic rings. The van der Waals surface area contributed by atoms with Gasteiger partial charge >= 0.3 is 5.97 Å². The number of nitrogens with zero attached hydrogens (tertiary/aromatic N) is 2. The van der Waals surface area contributed by atoms with Crippen molar-refractivity contribution in [3.05, 3.63) is 11.2 Å². The summed E-state index contributed by atoms with van der Waals surface area (Å²) in [5.41, 5.74) is 0.767. The number of unbranched alkanes of at least 4 members (excludes halogenated alkanes) is 2. The molecule has 0 amide bonds. The van der Waals surface area contributed by atoms with Crippen molar-refractivity contribution in [2.24, 2.45) is 0 Å². The van der Waals surface area contributed by atoms with Crippen LogP contribution in [0.5, 0.6) is 0 Å². The Labute approximate surface area is 115 Å². The maximum Gasteiger partial charge on any atom is 0.356 e. The van der Waals surface area contributed by atoms with Crippen LogP contribution in [-0.4, -0.2) is 54.1 Å². The van der Waals surface area contributed by atoms with Crippen LogP contribution in [0.25, 0.3) is 0 Å². The number of carboxylic acids is 1. The Kier molecular flexibility index (Phi) is 5.85. The number of sulfonamides is 1. The molecule has 0 aliphatic carbocycles. The minimum Gasteiger partial charge on any atom is -0.476 e. The SMILES string of the molecule is CN(CCCCCO)S(=O)(=O)c1scnc1C(=O)O. The van der Waals surface area contributed by atoms with Crippen LogP contribution in [-0.2, 0) is 10.0 Å². The van der Waals surface area contributed by atoms with Crippen LogP contribution in [0.1, 0.15) is 29.8 Å². The van der Waals surface area contributed by atoms with E-state index in [0.717, 1.165) is 15.6 Å². The summed E-state index contributed by atoms with van der Waals surface area (Å²) in [5.74, 6) is -1.35. The zero-order chi connectivity index (χ0) is 14.5. The zero-order valence-electron chi connectivity index (χ0n) is 10.4. The number of aromatic nitrogens is 1. The number of carboxylic acid groups (broad SMARTS) is 1. The second-order valence-electron chi connectivity index (χ2n) is 3.90. The highest BCUT2D eigenvalue weighted by atomic mass is 32.2. The summed E-state index contributed by atoms with van der Waals surface area (Å²) in [7, 11) is -2.41. The highest BCUT2D eigenvalue weighted by molar-refractivity contribution is 7.91. The second kappa shape index (κ2) is 6.94. The Bertz CT molecular complexity index is 526. The highest BCUT2D eigenvalue weighted by Gasteiger charge is 2.29. The molecule has 1 heterocycles. The summed E-state index contributed by atoms with van der Waals surface area (Å²) >= 11 is 0.795. The van der Waals surface area contributed by atoms with Gasteiger partial charge in [-0.15, -0.1) is 11.3 Å². The molecule has 0 bridgehead atoms. The first-order valence-corrected chi connectivity index (χ1v) is 7.97. The molecule has 0 fully saturated rings. The van der Waals surface area contributed by atoms with E-state index in [9.17, 15) is 13.2 Å². The van der Waals surface area contributed by atoms with Crippen molar-refractivity contribution < 1.29 is 23.4 Å². The average molecular weight is 308 g/mol. The van der Waals surface area contributed by atoms with Crippen LogP contribution >= 0.6 is 11.3 Å². The topological polar surface area (TPSA) is 108 Å².